The lowest BCUT2D eigenvalue weighted by molar-refractivity contribution is -0.122. The molecule has 1 N–H and O–H groups in total. The van der Waals surface area contributed by atoms with Crippen LogP contribution in [0, 0.1) is 0 Å². The summed E-state index contributed by atoms with van der Waals surface area (Å²) in [5, 5.41) is 11.6. The molecule has 2 aromatic rings. The van der Waals surface area contributed by atoms with E-state index in [1.54, 1.807) is 12.1 Å². The lowest BCUT2D eigenvalue weighted by Gasteiger charge is -2.22. The minimum absolute atomic E-state index is 0.0682. The van der Waals surface area contributed by atoms with E-state index in [4.69, 9.17) is 0 Å². The first-order valence-corrected chi connectivity index (χ1v) is 8.36. The van der Waals surface area contributed by atoms with Crippen LogP contribution in [0.4, 0.5) is 0 Å². The third kappa shape index (κ3) is 3.94. The van der Waals surface area contributed by atoms with Gasteiger partial charge in [0.15, 0.2) is 0 Å². The largest absolute Gasteiger partial charge is 0.353 e. The molecular weight excluding hydrogens is 292 g/mol. The Hall–Kier alpha value is -2.24. The first-order chi connectivity index (χ1) is 11.2. The number of rotatable bonds is 5. The average Bonchev–Trinajstić information content (AvgIpc) is 2.58. The van der Waals surface area contributed by atoms with Gasteiger partial charge in [0.05, 0.1) is 5.39 Å². The summed E-state index contributed by atoms with van der Waals surface area (Å²) in [5.41, 5.74) is 0.451. The van der Waals surface area contributed by atoms with Gasteiger partial charge in [-0.3, -0.25) is 9.59 Å². The number of nitrogens with one attached hydrogen (secondary N) is 1. The van der Waals surface area contributed by atoms with E-state index in [1.807, 2.05) is 12.1 Å². The lowest BCUT2D eigenvalue weighted by atomic mass is 9.95. The van der Waals surface area contributed by atoms with Crippen molar-refractivity contribution in [3.8, 4) is 0 Å². The number of nitrogens with zero attached hydrogens (tertiary/aromatic N) is 3. The molecule has 1 saturated carbocycles. The summed E-state index contributed by atoms with van der Waals surface area (Å²) in [6.07, 6.45) is 6.85. The molecule has 1 amide bonds. The van der Waals surface area contributed by atoms with Crippen molar-refractivity contribution in [3.63, 3.8) is 0 Å². The smallest absolute Gasteiger partial charge is 0.277 e. The van der Waals surface area contributed by atoms with Gasteiger partial charge in [0.25, 0.3) is 5.56 Å². The zero-order chi connectivity index (χ0) is 16.1. The Morgan fingerprint density at radius 2 is 2.00 bits per heavy atom. The normalized spacial score (nSPS) is 15.7. The van der Waals surface area contributed by atoms with Gasteiger partial charge in [0, 0.05) is 19.0 Å². The molecule has 0 radical (unpaired) electrons. The van der Waals surface area contributed by atoms with Crippen molar-refractivity contribution in [2.45, 2.75) is 57.5 Å². The number of amides is 1. The quantitative estimate of drug-likeness (QED) is 0.916. The minimum Gasteiger partial charge on any atom is -0.353 e. The Bertz CT molecular complexity index is 735. The molecule has 0 aliphatic heterocycles. The number of hydrogen-bond acceptors (Lipinski definition) is 4. The number of carbonyl (C=O) groups is 1. The van der Waals surface area contributed by atoms with Crippen LogP contribution in [0.3, 0.4) is 0 Å². The molecule has 0 atom stereocenters. The van der Waals surface area contributed by atoms with Crippen molar-refractivity contribution in [2.75, 3.05) is 0 Å². The Labute approximate surface area is 134 Å². The van der Waals surface area contributed by atoms with Crippen molar-refractivity contribution in [2.24, 2.45) is 0 Å². The van der Waals surface area contributed by atoms with Gasteiger partial charge >= 0.3 is 0 Å². The molecular formula is C17H22N4O2. The Kier molecular flexibility index (Phi) is 5.00. The molecule has 122 valence electrons. The summed E-state index contributed by atoms with van der Waals surface area (Å²) >= 11 is 0. The zero-order valence-electron chi connectivity index (χ0n) is 13.2. The van der Waals surface area contributed by atoms with E-state index in [9.17, 15) is 9.59 Å². The first-order valence-electron chi connectivity index (χ1n) is 8.36. The molecule has 3 rings (SSSR count). The van der Waals surface area contributed by atoms with Crippen LogP contribution < -0.4 is 10.9 Å². The van der Waals surface area contributed by atoms with Gasteiger partial charge in [0.1, 0.15) is 5.52 Å². The van der Waals surface area contributed by atoms with Crippen LogP contribution in [0.25, 0.3) is 10.9 Å². The van der Waals surface area contributed by atoms with Crippen LogP contribution in [0.15, 0.2) is 29.1 Å². The third-order valence-electron chi connectivity index (χ3n) is 4.37. The second-order valence-electron chi connectivity index (χ2n) is 6.14. The Morgan fingerprint density at radius 3 is 2.83 bits per heavy atom. The van der Waals surface area contributed by atoms with E-state index in [-0.39, 0.29) is 11.5 Å². The summed E-state index contributed by atoms with van der Waals surface area (Å²) in [7, 11) is 0. The molecule has 0 bridgehead atoms. The highest BCUT2D eigenvalue weighted by Gasteiger charge is 2.15. The highest BCUT2D eigenvalue weighted by molar-refractivity contribution is 5.77. The molecule has 0 saturated heterocycles. The van der Waals surface area contributed by atoms with Crippen LogP contribution >= 0.6 is 0 Å². The van der Waals surface area contributed by atoms with Gasteiger partial charge in [-0.05, 0) is 31.4 Å². The predicted molar refractivity (Wildman–Crippen MR) is 88.0 cm³/mol. The van der Waals surface area contributed by atoms with Crippen molar-refractivity contribution < 1.29 is 4.79 Å². The second kappa shape index (κ2) is 7.35. The number of aryl methyl sites for hydroxylation is 1. The van der Waals surface area contributed by atoms with E-state index < -0.39 is 0 Å². The molecule has 0 unspecified atom stereocenters. The SMILES string of the molecule is O=C(CCCn1nnc2ccccc2c1=O)NC1CCCCC1. The Balaban J connectivity index is 1.53. The summed E-state index contributed by atoms with van der Waals surface area (Å²) in [6.45, 7) is 0.411. The molecule has 1 aromatic heterocycles. The Morgan fingerprint density at radius 1 is 1.22 bits per heavy atom. The van der Waals surface area contributed by atoms with E-state index in [2.05, 4.69) is 15.6 Å². The molecule has 0 spiro atoms. The highest BCUT2D eigenvalue weighted by atomic mass is 16.1. The topological polar surface area (TPSA) is 76.9 Å². The number of carbonyl (C=O) groups excluding carboxylic acids is 1. The van der Waals surface area contributed by atoms with E-state index in [0.29, 0.717) is 36.3 Å². The van der Waals surface area contributed by atoms with Crippen LogP contribution in [-0.2, 0) is 11.3 Å². The molecule has 6 nitrogen and oxygen atoms in total. The summed E-state index contributed by atoms with van der Waals surface area (Å²) in [6, 6.07) is 7.49. The fourth-order valence-electron chi connectivity index (χ4n) is 3.11. The number of hydrogen-bond donors (Lipinski definition) is 1. The molecule has 1 aliphatic carbocycles. The highest BCUT2D eigenvalue weighted by Crippen LogP contribution is 2.17. The van der Waals surface area contributed by atoms with Crippen molar-refractivity contribution in [3.05, 3.63) is 34.6 Å². The van der Waals surface area contributed by atoms with Gasteiger partial charge in [-0.15, -0.1) is 5.10 Å². The number of aromatic nitrogens is 3. The fourth-order valence-corrected chi connectivity index (χ4v) is 3.11. The van der Waals surface area contributed by atoms with E-state index in [0.717, 1.165) is 12.8 Å². The van der Waals surface area contributed by atoms with Crippen molar-refractivity contribution in [1.29, 1.82) is 0 Å². The summed E-state index contributed by atoms with van der Waals surface area (Å²) in [5.74, 6) is 0.0682. The third-order valence-corrected chi connectivity index (χ3v) is 4.37. The number of benzene rings is 1. The second-order valence-corrected chi connectivity index (χ2v) is 6.14. The molecule has 1 aliphatic rings. The maximum Gasteiger partial charge on any atom is 0.277 e. The first kappa shape index (κ1) is 15.6. The summed E-state index contributed by atoms with van der Waals surface area (Å²) < 4.78 is 1.34. The van der Waals surface area contributed by atoms with Gasteiger partial charge < -0.3 is 5.32 Å². The molecule has 23 heavy (non-hydrogen) atoms. The van der Waals surface area contributed by atoms with E-state index >= 15 is 0 Å². The van der Waals surface area contributed by atoms with Gasteiger partial charge in [-0.1, -0.05) is 36.6 Å². The van der Waals surface area contributed by atoms with Crippen LogP contribution in [-0.4, -0.2) is 26.9 Å². The van der Waals surface area contributed by atoms with Crippen molar-refractivity contribution in [1.82, 2.24) is 20.3 Å². The van der Waals surface area contributed by atoms with Gasteiger partial charge in [-0.25, -0.2) is 4.68 Å². The van der Waals surface area contributed by atoms with Crippen molar-refractivity contribution >= 4 is 16.8 Å². The average molecular weight is 314 g/mol. The van der Waals surface area contributed by atoms with Crippen LogP contribution in [0.1, 0.15) is 44.9 Å². The maximum absolute atomic E-state index is 12.3. The monoisotopic (exact) mass is 314 g/mol. The van der Waals surface area contributed by atoms with Gasteiger partial charge in [-0.2, -0.15) is 0 Å². The lowest BCUT2D eigenvalue weighted by Crippen LogP contribution is -2.36. The maximum atomic E-state index is 12.3. The van der Waals surface area contributed by atoms with Crippen LogP contribution in [0.5, 0.6) is 0 Å². The molecule has 1 aromatic carbocycles. The number of fused-ring (bicyclic) bond motifs is 1. The molecule has 1 heterocycles. The van der Waals surface area contributed by atoms with Crippen LogP contribution in [0.2, 0.25) is 0 Å². The standard InChI is InChI=1S/C17H22N4O2/c22-16(18-13-7-2-1-3-8-13)11-6-12-21-17(23)14-9-4-5-10-15(14)19-20-21/h4-5,9-10,13H,1-3,6-8,11-12H2,(H,18,22). The minimum atomic E-state index is -0.150. The fraction of sp³-hybridized carbons (Fsp3) is 0.529. The summed E-state index contributed by atoms with van der Waals surface area (Å²) in [4.78, 5) is 24.2. The molecule has 1 fully saturated rings. The van der Waals surface area contributed by atoms with E-state index in [1.165, 1.54) is 23.9 Å². The molecule has 6 heteroatoms. The zero-order valence-corrected chi connectivity index (χ0v) is 13.2. The van der Waals surface area contributed by atoms with Gasteiger partial charge in [0.2, 0.25) is 5.91 Å². The predicted octanol–water partition coefficient (Wildman–Crippen LogP) is 2.02.